The average Bonchev–Trinajstić information content (AvgIpc) is 3.43. The summed E-state index contributed by atoms with van der Waals surface area (Å²) in [4.78, 5) is 19.7. The Morgan fingerprint density at radius 1 is 1.13 bits per heavy atom. The second-order valence-electron chi connectivity index (χ2n) is 8.57. The molecule has 1 aromatic carbocycles. The van der Waals surface area contributed by atoms with Crippen molar-refractivity contribution in [3.05, 3.63) is 52.4 Å². The maximum absolute atomic E-state index is 12.7. The number of piperazine rings is 1. The minimum Gasteiger partial charge on any atom is -0.361 e. The molecule has 168 valence electrons. The zero-order valence-corrected chi connectivity index (χ0v) is 19.0. The topological polar surface area (TPSA) is 64.8 Å². The number of rotatable bonds is 8. The fraction of sp³-hybridized carbons (Fsp3) is 0.565. The highest BCUT2D eigenvalue weighted by atomic mass is 35.5. The number of aromatic nitrogens is 1. The predicted octanol–water partition coefficient (Wildman–Crippen LogP) is 2.71. The molecular weight excluding hydrogens is 414 g/mol. The molecule has 2 aromatic rings. The first-order valence-corrected chi connectivity index (χ1v) is 11.6. The van der Waals surface area contributed by atoms with Gasteiger partial charge in [0.25, 0.3) is 0 Å². The van der Waals surface area contributed by atoms with Gasteiger partial charge in [0.05, 0.1) is 18.3 Å². The molecule has 2 aliphatic heterocycles. The minimum absolute atomic E-state index is 0.0804. The Balaban J connectivity index is 1.25. The molecule has 0 saturated carbocycles. The highest BCUT2D eigenvalue weighted by Crippen LogP contribution is 2.29. The third-order valence-electron chi connectivity index (χ3n) is 6.23. The van der Waals surface area contributed by atoms with E-state index in [-0.39, 0.29) is 11.9 Å². The lowest BCUT2D eigenvalue weighted by molar-refractivity contribution is -0.123. The number of likely N-dealkylation sites (tertiary alicyclic amines) is 1. The molecule has 2 saturated heterocycles. The number of carbonyl (C=O) groups is 1. The van der Waals surface area contributed by atoms with Gasteiger partial charge in [0.15, 0.2) is 0 Å². The Bertz CT molecular complexity index is 859. The van der Waals surface area contributed by atoms with E-state index >= 15 is 0 Å². The molecule has 1 N–H and O–H groups in total. The number of hydrogen-bond donors (Lipinski definition) is 1. The Morgan fingerprint density at radius 3 is 2.52 bits per heavy atom. The summed E-state index contributed by atoms with van der Waals surface area (Å²) in [7, 11) is 0. The molecule has 0 aliphatic carbocycles. The number of hydrogen-bond acceptors (Lipinski definition) is 6. The van der Waals surface area contributed by atoms with Crippen LogP contribution in [0, 0.1) is 6.92 Å². The van der Waals surface area contributed by atoms with E-state index in [1.54, 1.807) is 0 Å². The van der Waals surface area contributed by atoms with Gasteiger partial charge < -0.3 is 9.84 Å². The van der Waals surface area contributed by atoms with Crippen LogP contribution in [0.5, 0.6) is 0 Å². The fourth-order valence-corrected chi connectivity index (χ4v) is 4.79. The summed E-state index contributed by atoms with van der Waals surface area (Å²) in [5.41, 5.74) is 2.07. The summed E-state index contributed by atoms with van der Waals surface area (Å²) in [5, 5.41) is 8.01. The molecule has 8 heteroatoms. The van der Waals surface area contributed by atoms with E-state index in [2.05, 4.69) is 31.2 Å². The van der Waals surface area contributed by atoms with Crippen molar-refractivity contribution in [3.63, 3.8) is 0 Å². The van der Waals surface area contributed by atoms with Gasteiger partial charge in [-0.05, 0) is 44.5 Å². The van der Waals surface area contributed by atoms with Gasteiger partial charge in [-0.25, -0.2) is 0 Å². The first kappa shape index (κ1) is 22.3. The van der Waals surface area contributed by atoms with E-state index in [4.69, 9.17) is 16.1 Å². The Kier molecular flexibility index (Phi) is 7.61. The Hall–Kier alpha value is -1.93. The number of nitrogens with one attached hydrogen (secondary N) is 1. The van der Waals surface area contributed by atoms with Crippen molar-refractivity contribution >= 4 is 17.5 Å². The van der Waals surface area contributed by atoms with Crippen molar-refractivity contribution in [3.8, 4) is 0 Å². The van der Waals surface area contributed by atoms with Gasteiger partial charge in [0.1, 0.15) is 5.76 Å². The zero-order valence-electron chi connectivity index (χ0n) is 18.2. The van der Waals surface area contributed by atoms with Gasteiger partial charge in [-0.15, -0.1) is 0 Å². The van der Waals surface area contributed by atoms with Crippen LogP contribution in [0.15, 0.2) is 34.9 Å². The zero-order chi connectivity index (χ0) is 21.6. The summed E-state index contributed by atoms with van der Waals surface area (Å²) >= 11 is 6.48. The van der Waals surface area contributed by atoms with E-state index in [0.29, 0.717) is 13.1 Å². The molecule has 0 spiro atoms. The number of carbonyl (C=O) groups excluding carboxylic acids is 1. The summed E-state index contributed by atoms with van der Waals surface area (Å²) in [6, 6.07) is 10.1. The van der Waals surface area contributed by atoms with Gasteiger partial charge in [0.2, 0.25) is 5.91 Å². The van der Waals surface area contributed by atoms with Crippen LogP contribution in [-0.4, -0.2) is 78.1 Å². The average molecular weight is 446 g/mol. The molecule has 7 nitrogen and oxygen atoms in total. The number of aryl methyl sites for hydroxylation is 1. The molecule has 4 rings (SSSR count). The third-order valence-corrected chi connectivity index (χ3v) is 6.58. The standard InChI is InChI=1S/C23H32ClN5O2/c1-18-14-19(26-31-18)16-27-10-12-28(13-11-27)17-23(30)25-15-22(29-8-4-5-9-29)20-6-2-3-7-21(20)24/h2-3,6-7,14,22H,4-5,8-13,15-17H2,1H3,(H,25,30)/t22-/m0/s1. The van der Waals surface area contributed by atoms with Gasteiger partial charge in [-0.3, -0.25) is 19.5 Å². The van der Waals surface area contributed by atoms with Crippen LogP contribution >= 0.6 is 11.6 Å². The molecule has 0 bridgehead atoms. The van der Waals surface area contributed by atoms with Gasteiger partial charge >= 0.3 is 0 Å². The molecular formula is C23H32ClN5O2. The number of nitrogens with zero attached hydrogens (tertiary/aromatic N) is 4. The quantitative estimate of drug-likeness (QED) is 0.674. The van der Waals surface area contributed by atoms with Crippen LogP contribution in [0.25, 0.3) is 0 Å². The SMILES string of the molecule is Cc1cc(CN2CCN(CC(=O)NC[C@@H](c3ccccc3Cl)N3CCCC3)CC2)no1. The van der Waals surface area contributed by atoms with E-state index in [1.807, 2.05) is 31.2 Å². The minimum atomic E-state index is 0.0804. The molecule has 2 fully saturated rings. The first-order chi connectivity index (χ1) is 15.1. The largest absolute Gasteiger partial charge is 0.361 e. The van der Waals surface area contributed by atoms with Crippen molar-refractivity contribution in [1.29, 1.82) is 0 Å². The normalized spacial score (nSPS) is 19.5. The van der Waals surface area contributed by atoms with E-state index in [1.165, 1.54) is 12.8 Å². The van der Waals surface area contributed by atoms with Crippen molar-refractivity contribution in [2.45, 2.75) is 32.4 Å². The first-order valence-electron chi connectivity index (χ1n) is 11.2. The Morgan fingerprint density at radius 2 is 1.84 bits per heavy atom. The molecule has 1 amide bonds. The maximum Gasteiger partial charge on any atom is 0.234 e. The smallest absolute Gasteiger partial charge is 0.234 e. The van der Waals surface area contributed by atoms with Crippen molar-refractivity contribution in [2.24, 2.45) is 0 Å². The number of amides is 1. The van der Waals surface area contributed by atoms with Crippen molar-refractivity contribution in [1.82, 2.24) is 25.2 Å². The highest BCUT2D eigenvalue weighted by Gasteiger charge is 2.26. The van der Waals surface area contributed by atoms with Gasteiger partial charge in [-0.2, -0.15) is 0 Å². The van der Waals surface area contributed by atoms with Crippen LogP contribution in [0.2, 0.25) is 5.02 Å². The predicted molar refractivity (Wildman–Crippen MR) is 121 cm³/mol. The number of halogens is 1. The van der Waals surface area contributed by atoms with Crippen LogP contribution in [0.3, 0.4) is 0 Å². The molecule has 1 atom stereocenters. The van der Waals surface area contributed by atoms with Crippen molar-refractivity contribution < 1.29 is 9.32 Å². The second-order valence-corrected chi connectivity index (χ2v) is 8.97. The molecule has 0 unspecified atom stereocenters. The van der Waals surface area contributed by atoms with E-state index in [9.17, 15) is 4.79 Å². The van der Waals surface area contributed by atoms with Gasteiger partial charge in [-0.1, -0.05) is 35.0 Å². The van der Waals surface area contributed by atoms with E-state index in [0.717, 1.165) is 67.9 Å². The lowest BCUT2D eigenvalue weighted by Gasteiger charge is -2.34. The summed E-state index contributed by atoms with van der Waals surface area (Å²) < 4.78 is 5.15. The molecule has 1 aromatic heterocycles. The molecule has 2 aliphatic rings. The molecule has 3 heterocycles. The summed E-state index contributed by atoms with van der Waals surface area (Å²) in [6.07, 6.45) is 2.40. The summed E-state index contributed by atoms with van der Waals surface area (Å²) in [5.74, 6) is 0.922. The Labute approximate surface area is 189 Å². The van der Waals surface area contributed by atoms with Gasteiger partial charge in [0, 0.05) is 50.4 Å². The third kappa shape index (κ3) is 6.07. The van der Waals surface area contributed by atoms with Crippen LogP contribution in [0.1, 0.15) is 35.9 Å². The molecule has 0 radical (unpaired) electrons. The van der Waals surface area contributed by atoms with E-state index < -0.39 is 0 Å². The summed E-state index contributed by atoms with van der Waals surface area (Å²) in [6.45, 7) is 9.45. The fourth-order valence-electron chi connectivity index (χ4n) is 4.53. The van der Waals surface area contributed by atoms with Crippen molar-refractivity contribution in [2.75, 3.05) is 52.4 Å². The monoisotopic (exact) mass is 445 g/mol. The lowest BCUT2D eigenvalue weighted by Crippen LogP contribution is -2.49. The lowest BCUT2D eigenvalue weighted by atomic mass is 10.1. The molecule has 31 heavy (non-hydrogen) atoms. The number of benzene rings is 1. The van der Waals surface area contributed by atoms with Crippen LogP contribution in [0.4, 0.5) is 0 Å². The highest BCUT2D eigenvalue weighted by molar-refractivity contribution is 6.31. The van der Waals surface area contributed by atoms with Crippen LogP contribution in [-0.2, 0) is 11.3 Å². The van der Waals surface area contributed by atoms with Crippen LogP contribution < -0.4 is 5.32 Å². The second kappa shape index (κ2) is 10.6. The maximum atomic E-state index is 12.7.